The van der Waals surface area contributed by atoms with E-state index in [-0.39, 0.29) is 6.09 Å². The summed E-state index contributed by atoms with van der Waals surface area (Å²) in [4.78, 5) is 14.5. The Labute approximate surface area is 204 Å². The fraction of sp³-hybridized carbons (Fsp3) is 0.444. The van der Waals surface area contributed by atoms with Gasteiger partial charge in [0, 0.05) is 26.7 Å². The summed E-state index contributed by atoms with van der Waals surface area (Å²) < 4.78 is 10.6. The van der Waals surface area contributed by atoms with E-state index in [1.54, 1.807) is 7.11 Å². The summed E-state index contributed by atoms with van der Waals surface area (Å²) in [6.45, 7) is 9.41. The molecule has 0 aliphatic carbocycles. The number of nitrogens with one attached hydrogen (secondary N) is 2. The number of hydrogen-bond donors (Lipinski definition) is 2. The molecule has 2 N–H and O–H groups in total. The minimum atomic E-state index is -0.503. The predicted octanol–water partition coefficient (Wildman–Crippen LogP) is 4.60. The first kappa shape index (κ1) is 26.0. The van der Waals surface area contributed by atoms with Crippen LogP contribution in [0.5, 0.6) is 0 Å². The average Bonchev–Trinajstić information content (AvgIpc) is 2.80. The fourth-order valence-corrected chi connectivity index (χ4v) is 4.10. The molecular formula is C27H38BN3O3. The van der Waals surface area contributed by atoms with Crippen molar-refractivity contribution in [2.24, 2.45) is 0 Å². The Morgan fingerprint density at radius 2 is 1.53 bits per heavy atom. The van der Waals surface area contributed by atoms with Crippen molar-refractivity contribution in [3.63, 3.8) is 0 Å². The number of amides is 1. The summed E-state index contributed by atoms with van der Waals surface area (Å²) in [5.41, 5.74) is 0.819. The molecule has 34 heavy (non-hydrogen) atoms. The normalized spacial score (nSPS) is 11.6. The third-order valence-electron chi connectivity index (χ3n) is 5.65. The van der Waals surface area contributed by atoms with Gasteiger partial charge in [-0.2, -0.15) is 0 Å². The standard InChI is InChI=1S/C27H38BN3O3/c1-27(2,3)34-26(32)31(18-10-16-30-28-33-4)17-9-15-29-20-25-23-13-7-5-11-21(23)19-22-12-6-8-14-24(22)25/h5-8,11-14,19,28-30H,9-10,15-18,20H2,1-4H3. The van der Waals surface area contributed by atoms with Crippen molar-refractivity contribution in [2.75, 3.05) is 33.3 Å². The van der Waals surface area contributed by atoms with E-state index in [4.69, 9.17) is 9.39 Å². The highest BCUT2D eigenvalue weighted by atomic mass is 16.6. The van der Waals surface area contributed by atoms with Crippen LogP contribution in [-0.4, -0.2) is 57.5 Å². The van der Waals surface area contributed by atoms with E-state index < -0.39 is 5.60 Å². The second kappa shape index (κ2) is 12.7. The van der Waals surface area contributed by atoms with E-state index in [0.717, 1.165) is 32.5 Å². The minimum absolute atomic E-state index is 0.251. The number of carbonyl (C=O) groups is 1. The zero-order chi connectivity index (χ0) is 24.4. The van der Waals surface area contributed by atoms with Crippen LogP contribution < -0.4 is 10.5 Å². The van der Waals surface area contributed by atoms with Gasteiger partial charge < -0.3 is 24.8 Å². The second-order valence-corrected chi connectivity index (χ2v) is 9.58. The molecule has 0 unspecified atom stereocenters. The molecule has 0 radical (unpaired) electrons. The fourth-order valence-electron chi connectivity index (χ4n) is 4.10. The van der Waals surface area contributed by atoms with Crippen molar-refractivity contribution < 1.29 is 14.2 Å². The average molecular weight is 463 g/mol. The first-order chi connectivity index (χ1) is 16.4. The highest BCUT2D eigenvalue weighted by Gasteiger charge is 2.21. The molecule has 0 atom stereocenters. The maximum atomic E-state index is 12.7. The smallest absolute Gasteiger partial charge is 0.410 e. The van der Waals surface area contributed by atoms with E-state index in [1.807, 2.05) is 25.7 Å². The topological polar surface area (TPSA) is 62.8 Å². The lowest BCUT2D eigenvalue weighted by Gasteiger charge is -2.27. The number of hydrogen-bond acceptors (Lipinski definition) is 5. The third kappa shape index (κ3) is 7.72. The van der Waals surface area contributed by atoms with Crippen molar-refractivity contribution in [1.29, 1.82) is 0 Å². The van der Waals surface area contributed by atoms with Crippen LogP contribution in [0.3, 0.4) is 0 Å². The van der Waals surface area contributed by atoms with Crippen LogP contribution in [0.25, 0.3) is 21.5 Å². The molecule has 1 amide bonds. The van der Waals surface area contributed by atoms with Crippen LogP contribution in [-0.2, 0) is 15.9 Å². The molecule has 3 aromatic carbocycles. The van der Waals surface area contributed by atoms with Gasteiger partial charge in [0.1, 0.15) is 5.60 Å². The van der Waals surface area contributed by atoms with Crippen LogP contribution in [0.2, 0.25) is 0 Å². The number of benzene rings is 3. The first-order valence-corrected chi connectivity index (χ1v) is 12.2. The van der Waals surface area contributed by atoms with Gasteiger partial charge >= 0.3 is 13.7 Å². The van der Waals surface area contributed by atoms with Crippen LogP contribution in [0, 0.1) is 0 Å². The summed E-state index contributed by atoms with van der Waals surface area (Å²) >= 11 is 0. The maximum Gasteiger partial charge on any atom is 0.410 e. The zero-order valence-electron chi connectivity index (χ0n) is 21.0. The molecule has 0 aliphatic rings. The highest BCUT2D eigenvalue weighted by molar-refractivity contribution is 6.23. The lowest BCUT2D eigenvalue weighted by molar-refractivity contribution is 0.0246. The van der Waals surface area contributed by atoms with E-state index >= 15 is 0 Å². The zero-order valence-corrected chi connectivity index (χ0v) is 21.0. The van der Waals surface area contributed by atoms with Crippen LogP contribution in [0.4, 0.5) is 4.79 Å². The van der Waals surface area contributed by atoms with E-state index in [2.05, 4.69) is 65.1 Å². The summed E-state index contributed by atoms with van der Waals surface area (Å²) in [6, 6.07) is 19.4. The van der Waals surface area contributed by atoms with Crippen molar-refractivity contribution in [3.8, 4) is 0 Å². The predicted molar refractivity (Wildman–Crippen MR) is 142 cm³/mol. The molecule has 0 aliphatic heterocycles. The van der Waals surface area contributed by atoms with Crippen molar-refractivity contribution in [2.45, 2.75) is 45.8 Å². The SMILES string of the molecule is COBNCCCN(CCCNCc1c2ccccc2cc2ccccc12)C(=O)OC(C)(C)C. The Morgan fingerprint density at radius 3 is 2.12 bits per heavy atom. The monoisotopic (exact) mass is 463 g/mol. The maximum absolute atomic E-state index is 12.7. The number of nitrogens with zero attached hydrogens (tertiary/aromatic N) is 1. The van der Waals surface area contributed by atoms with Gasteiger partial charge in [-0.05, 0) is 79.9 Å². The molecule has 182 valence electrons. The van der Waals surface area contributed by atoms with E-state index in [1.165, 1.54) is 27.1 Å². The molecule has 6 nitrogen and oxygen atoms in total. The number of rotatable bonds is 12. The Kier molecular flexibility index (Phi) is 9.75. The summed E-state index contributed by atoms with van der Waals surface area (Å²) in [6.07, 6.45) is 1.45. The van der Waals surface area contributed by atoms with Gasteiger partial charge in [0.15, 0.2) is 0 Å². The number of fused-ring (bicyclic) bond motifs is 2. The molecular weight excluding hydrogens is 425 g/mol. The molecule has 0 saturated heterocycles. The summed E-state index contributed by atoms with van der Waals surface area (Å²) in [7, 11) is 2.17. The molecule has 3 rings (SSSR count). The van der Waals surface area contributed by atoms with Gasteiger partial charge in [0.2, 0.25) is 0 Å². The van der Waals surface area contributed by atoms with Crippen molar-refractivity contribution in [1.82, 2.24) is 15.4 Å². The Bertz CT molecular complexity index is 1010. The van der Waals surface area contributed by atoms with Crippen LogP contribution in [0.1, 0.15) is 39.2 Å². The van der Waals surface area contributed by atoms with Gasteiger partial charge in [-0.3, -0.25) is 0 Å². The minimum Gasteiger partial charge on any atom is -0.444 e. The largest absolute Gasteiger partial charge is 0.444 e. The molecule has 3 aromatic rings. The van der Waals surface area contributed by atoms with E-state index in [0.29, 0.717) is 20.7 Å². The third-order valence-corrected chi connectivity index (χ3v) is 5.65. The van der Waals surface area contributed by atoms with Crippen LogP contribution >= 0.6 is 0 Å². The molecule has 0 aromatic heterocycles. The lowest BCUT2D eigenvalue weighted by atomic mass is 9.97. The first-order valence-electron chi connectivity index (χ1n) is 12.2. The lowest BCUT2D eigenvalue weighted by Crippen LogP contribution is -2.39. The second-order valence-electron chi connectivity index (χ2n) is 9.58. The Hall–Kier alpha value is -2.61. The molecule has 0 heterocycles. The highest BCUT2D eigenvalue weighted by Crippen LogP contribution is 2.28. The molecule has 0 bridgehead atoms. The quantitative estimate of drug-likeness (QED) is 0.234. The molecule has 0 spiro atoms. The van der Waals surface area contributed by atoms with Gasteiger partial charge in [-0.25, -0.2) is 4.79 Å². The molecule has 7 heteroatoms. The van der Waals surface area contributed by atoms with Gasteiger partial charge in [-0.15, -0.1) is 0 Å². The Balaban J connectivity index is 1.57. The van der Waals surface area contributed by atoms with Gasteiger partial charge in [-0.1, -0.05) is 48.5 Å². The van der Waals surface area contributed by atoms with Crippen LogP contribution in [0.15, 0.2) is 54.6 Å². The van der Waals surface area contributed by atoms with Crippen molar-refractivity contribution >= 4 is 35.3 Å². The van der Waals surface area contributed by atoms with Gasteiger partial charge in [0.25, 0.3) is 0 Å². The van der Waals surface area contributed by atoms with Crippen molar-refractivity contribution in [3.05, 3.63) is 60.2 Å². The Morgan fingerprint density at radius 1 is 0.941 bits per heavy atom. The number of ether oxygens (including phenoxy) is 1. The summed E-state index contributed by atoms with van der Waals surface area (Å²) in [5, 5.41) is 11.9. The van der Waals surface area contributed by atoms with E-state index in [9.17, 15) is 4.79 Å². The molecule has 0 fully saturated rings. The molecule has 0 saturated carbocycles. The summed E-state index contributed by atoms with van der Waals surface area (Å²) in [5.74, 6) is 0. The van der Waals surface area contributed by atoms with Gasteiger partial charge in [0.05, 0.1) is 0 Å². The number of carbonyl (C=O) groups excluding carboxylic acids is 1.